The summed E-state index contributed by atoms with van der Waals surface area (Å²) in [5, 5.41) is 0.0794. The van der Waals surface area contributed by atoms with Crippen molar-refractivity contribution in [3.05, 3.63) is 28.5 Å². The second-order valence-electron chi connectivity index (χ2n) is 9.28. The van der Waals surface area contributed by atoms with E-state index in [-0.39, 0.29) is 11.5 Å². The molecule has 8 heteroatoms. The smallest absolute Gasteiger partial charge is 0.191 e. The van der Waals surface area contributed by atoms with Crippen molar-refractivity contribution < 1.29 is 13.4 Å². The van der Waals surface area contributed by atoms with Gasteiger partial charge in [0.25, 0.3) is 0 Å². The average Bonchev–Trinajstić information content (AvgIpc) is 2.49. The van der Waals surface area contributed by atoms with Crippen LogP contribution in [0.15, 0.2) is 22.8 Å². The van der Waals surface area contributed by atoms with Crippen LogP contribution in [0.3, 0.4) is 0 Å². The molecule has 0 bridgehead atoms. The molecule has 1 N–H and O–H groups in total. The molecule has 0 aromatic carbocycles. The average molecular weight is 482 g/mol. The highest BCUT2D eigenvalue weighted by atomic mass is 79.9. The Morgan fingerprint density at radius 3 is 2.33 bits per heavy atom. The monoisotopic (exact) mass is 480 g/mol. The van der Waals surface area contributed by atoms with Crippen molar-refractivity contribution in [3.8, 4) is 0 Å². The van der Waals surface area contributed by atoms with Gasteiger partial charge < -0.3 is 8.98 Å². The summed E-state index contributed by atoms with van der Waals surface area (Å²) in [5.41, 5.74) is 0.529. The Labute approximate surface area is 176 Å². The van der Waals surface area contributed by atoms with Gasteiger partial charge in [-0.25, -0.2) is 9.37 Å². The van der Waals surface area contributed by atoms with Crippen molar-refractivity contribution in [1.29, 1.82) is 0 Å². The topological polar surface area (TPSA) is 57.2 Å². The van der Waals surface area contributed by atoms with Crippen LogP contribution in [-0.4, -0.2) is 35.4 Å². The maximum atomic E-state index is 15.2. The fourth-order valence-corrected chi connectivity index (χ4v) is 4.29. The fraction of sp³-hybridized carbons (Fsp3) is 0.737. The van der Waals surface area contributed by atoms with E-state index in [0.717, 1.165) is 0 Å². The SMILES string of the molecule is CC(C)(C)[S@@+]([O-])N[C@@H](c1cccc(Br)n1)C(F)CCO[Si](C)(C)C(C)(C)C. The van der Waals surface area contributed by atoms with Crippen LogP contribution in [0.5, 0.6) is 0 Å². The van der Waals surface area contributed by atoms with Crippen LogP contribution < -0.4 is 4.72 Å². The molecule has 0 fully saturated rings. The minimum absolute atomic E-state index is 0.0794. The third-order valence-electron chi connectivity index (χ3n) is 4.87. The molecule has 1 unspecified atom stereocenters. The number of hydrogen-bond acceptors (Lipinski definition) is 4. The summed E-state index contributed by atoms with van der Waals surface area (Å²) in [6, 6.07) is 4.59. The molecule has 156 valence electrons. The molecule has 0 aliphatic rings. The molecule has 27 heavy (non-hydrogen) atoms. The predicted octanol–water partition coefficient (Wildman–Crippen LogP) is 5.69. The minimum Gasteiger partial charge on any atom is -0.598 e. The zero-order chi connectivity index (χ0) is 21.0. The Morgan fingerprint density at radius 1 is 1.26 bits per heavy atom. The molecule has 1 aromatic heterocycles. The fourth-order valence-electron chi connectivity index (χ4n) is 2.02. The van der Waals surface area contributed by atoms with Crippen LogP contribution >= 0.6 is 15.9 Å². The molecule has 1 heterocycles. The van der Waals surface area contributed by atoms with Crippen LogP contribution in [0.2, 0.25) is 18.1 Å². The summed E-state index contributed by atoms with van der Waals surface area (Å²) < 4.78 is 36.9. The zero-order valence-corrected chi connectivity index (χ0v) is 21.1. The van der Waals surface area contributed by atoms with Gasteiger partial charge in [-0.3, -0.25) is 0 Å². The zero-order valence-electron chi connectivity index (χ0n) is 17.7. The number of aromatic nitrogens is 1. The molecule has 0 saturated carbocycles. The summed E-state index contributed by atoms with van der Waals surface area (Å²) in [6.07, 6.45) is -1.04. The van der Waals surface area contributed by atoms with Crippen molar-refractivity contribution in [2.75, 3.05) is 6.61 Å². The number of pyridine rings is 1. The molecule has 0 radical (unpaired) electrons. The van der Waals surface area contributed by atoms with Gasteiger partial charge in [0, 0.05) is 24.4 Å². The lowest BCUT2D eigenvalue weighted by Gasteiger charge is -2.36. The summed E-state index contributed by atoms with van der Waals surface area (Å²) >= 11 is 1.92. The first-order valence-corrected chi connectivity index (χ1v) is 14.1. The number of halogens is 2. The molecule has 4 nitrogen and oxygen atoms in total. The number of alkyl halides is 1. The Balaban J connectivity index is 2.89. The molecule has 0 amide bonds. The number of nitrogens with zero attached hydrogens (tertiary/aromatic N) is 1. The first-order chi connectivity index (χ1) is 12.1. The number of rotatable bonds is 8. The highest BCUT2D eigenvalue weighted by Gasteiger charge is 2.38. The van der Waals surface area contributed by atoms with Crippen molar-refractivity contribution in [2.24, 2.45) is 0 Å². The third kappa shape index (κ3) is 7.74. The Bertz CT molecular complexity index is 608. The van der Waals surface area contributed by atoms with E-state index in [0.29, 0.717) is 16.9 Å². The van der Waals surface area contributed by atoms with Crippen LogP contribution in [-0.2, 0) is 15.8 Å². The molecule has 3 atom stereocenters. The van der Waals surface area contributed by atoms with Crippen LogP contribution in [0.25, 0.3) is 0 Å². The summed E-state index contributed by atoms with van der Waals surface area (Å²) in [7, 11) is -1.93. The van der Waals surface area contributed by atoms with Gasteiger partial charge in [-0.2, -0.15) is 0 Å². The van der Waals surface area contributed by atoms with Gasteiger partial charge in [0.05, 0.1) is 5.69 Å². The van der Waals surface area contributed by atoms with Crippen molar-refractivity contribution >= 4 is 35.6 Å². The van der Waals surface area contributed by atoms with Crippen LogP contribution in [0, 0.1) is 0 Å². The predicted molar refractivity (Wildman–Crippen MR) is 118 cm³/mol. The second-order valence-corrected chi connectivity index (χ2v) is 16.9. The first kappa shape index (κ1) is 25.0. The van der Waals surface area contributed by atoms with Crippen LogP contribution in [0.4, 0.5) is 4.39 Å². The Hall–Kier alpha value is 0.00688. The van der Waals surface area contributed by atoms with E-state index in [1.165, 1.54) is 0 Å². The van der Waals surface area contributed by atoms with Gasteiger partial charge in [0.15, 0.2) is 8.32 Å². The lowest BCUT2D eigenvalue weighted by atomic mass is 10.1. The molecular weight excluding hydrogens is 447 g/mol. The molecule has 0 aliphatic heterocycles. The van der Waals surface area contributed by atoms with Crippen molar-refractivity contribution in [1.82, 2.24) is 9.71 Å². The van der Waals surface area contributed by atoms with Crippen molar-refractivity contribution in [3.63, 3.8) is 0 Å². The number of hydrogen-bond donors (Lipinski definition) is 1. The van der Waals surface area contributed by atoms with E-state index in [2.05, 4.69) is 59.5 Å². The van der Waals surface area contributed by atoms with Gasteiger partial charge in [-0.1, -0.05) is 26.8 Å². The van der Waals surface area contributed by atoms with Gasteiger partial charge >= 0.3 is 0 Å². The van der Waals surface area contributed by atoms with E-state index in [4.69, 9.17) is 4.43 Å². The Morgan fingerprint density at radius 2 is 1.85 bits per heavy atom. The second kappa shape index (κ2) is 9.67. The third-order valence-corrected chi connectivity index (χ3v) is 11.4. The van der Waals surface area contributed by atoms with E-state index in [1.807, 2.05) is 20.8 Å². The van der Waals surface area contributed by atoms with Gasteiger partial charge in [0.2, 0.25) is 0 Å². The van der Waals surface area contributed by atoms with Crippen molar-refractivity contribution in [2.45, 2.75) is 83.1 Å². The maximum absolute atomic E-state index is 15.2. The summed E-state index contributed by atoms with van der Waals surface area (Å²) in [5.74, 6) is 0. The first-order valence-electron chi connectivity index (χ1n) is 9.24. The van der Waals surface area contributed by atoms with E-state index >= 15 is 4.39 Å². The summed E-state index contributed by atoms with van der Waals surface area (Å²) in [4.78, 5) is 4.37. The molecule has 0 saturated heterocycles. The lowest BCUT2D eigenvalue weighted by molar-refractivity contribution is 0.192. The van der Waals surface area contributed by atoms with Gasteiger partial charge in [-0.15, -0.1) is 4.72 Å². The quantitative estimate of drug-likeness (QED) is 0.295. The van der Waals surface area contributed by atoms with E-state index in [9.17, 15) is 4.55 Å². The highest BCUT2D eigenvalue weighted by molar-refractivity contribution is 9.10. The molecule has 0 spiro atoms. The molecule has 1 aromatic rings. The molecular formula is C19H34BrFN2O2SSi. The van der Waals surface area contributed by atoms with Gasteiger partial charge in [0.1, 0.15) is 21.6 Å². The standard InChI is InChI=1S/C19H34BrFN2O2SSi/c1-18(2,3)26(24)23-17(15-10-9-11-16(20)22-15)14(21)12-13-25-27(7,8)19(4,5)6/h9-11,14,17,23H,12-13H2,1-8H3/t14?,17-,26-/m1/s1. The number of nitrogens with one attached hydrogen (secondary N) is 1. The van der Waals surface area contributed by atoms with E-state index in [1.54, 1.807) is 18.2 Å². The normalized spacial score (nSPS) is 16.9. The maximum Gasteiger partial charge on any atom is 0.191 e. The van der Waals surface area contributed by atoms with E-state index < -0.39 is 36.6 Å². The largest absolute Gasteiger partial charge is 0.598 e. The Kier molecular flexibility index (Phi) is 8.97. The molecule has 0 aliphatic carbocycles. The summed E-state index contributed by atoms with van der Waals surface area (Å²) in [6.45, 7) is 16.7. The minimum atomic E-state index is -1.93. The molecule has 1 rings (SSSR count). The lowest BCUT2D eigenvalue weighted by Crippen LogP contribution is -2.45. The van der Waals surface area contributed by atoms with Gasteiger partial charge in [-0.05, 0) is 67.0 Å². The van der Waals surface area contributed by atoms with Crippen LogP contribution in [0.1, 0.15) is 59.7 Å². The highest BCUT2D eigenvalue weighted by Crippen LogP contribution is 2.37.